The predicted octanol–water partition coefficient (Wildman–Crippen LogP) is 6.49. The molecule has 0 aromatic heterocycles. The van der Waals surface area contributed by atoms with Gasteiger partial charge >= 0.3 is 0 Å². The Labute approximate surface area is 207 Å². The molecule has 2 amide bonds. The van der Waals surface area contributed by atoms with Gasteiger partial charge in [0.1, 0.15) is 0 Å². The maximum absolute atomic E-state index is 13.7. The summed E-state index contributed by atoms with van der Waals surface area (Å²) in [6.45, 7) is 4.17. The molecule has 6 rings (SSSR count). The maximum Gasteiger partial charge on any atom is 0.238 e. The summed E-state index contributed by atoms with van der Waals surface area (Å²) in [6, 6.07) is 24.6. The van der Waals surface area contributed by atoms with Crippen LogP contribution in [0.2, 0.25) is 0 Å². The lowest BCUT2D eigenvalue weighted by atomic mass is 9.85. The van der Waals surface area contributed by atoms with Crippen molar-refractivity contribution in [2.45, 2.75) is 13.8 Å². The van der Waals surface area contributed by atoms with Gasteiger partial charge in [-0.1, -0.05) is 93.8 Å². The largest absolute Gasteiger partial charge is 0.274 e. The first-order valence-electron chi connectivity index (χ1n) is 11.6. The summed E-state index contributed by atoms with van der Waals surface area (Å²) < 4.78 is 0.852. The molecule has 3 aliphatic rings. The van der Waals surface area contributed by atoms with Crippen molar-refractivity contribution in [1.82, 2.24) is 0 Å². The van der Waals surface area contributed by atoms with Gasteiger partial charge in [0.05, 0.1) is 17.5 Å². The molecule has 0 spiro atoms. The molecule has 4 atom stereocenters. The van der Waals surface area contributed by atoms with Crippen LogP contribution in [0.5, 0.6) is 0 Å². The number of halogens is 1. The number of rotatable bonds is 3. The van der Waals surface area contributed by atoms with Gasteiger partial charge in [0, 0.05) is 16.3 Å². The lowest BCUT2D eigenvalue weighted by molar-refractivity contribution is -0.122. The molecule has 3 nitrogen and oxygen atoms in total. The Hall–Kier alpha value is -3.24. The van der Waals surface area contributed by atoms with Crippen LogP contribution in [-0.4, -0.2) is 11.8 Å². The number of imide groups is 1. The molecule has 1 heterocycles. The van der Waals surface area contributed by atoms with Crippen LogP contribution in [0.25, 0.3) is 5.57 Å². The molecular weight excluding hydrogens is 486 g/mol. The molecule has 1 saturated carbocycles. The van der Waals surface area contributed by atoms with Crippen molar-refractivity contribution in [2.75, 3.05) is 4.90 Å². The molecule has 0 unspecified atom stereocenters. The zero-order chi connectivity index (χ0) is 23.6. The number of hydrogen-bond donors (Lipinski definition) is 0. The number of aryl methyl sites for hydroxylation is 2. The first-order chi connectivity index (χ1) is 16.4. The third kappa shape index (κ3) is 3.16. The van der Waals surface area contributed by atoms with Gasteiger partial charge in [-0.3, -0.25) is 9.59 Å². The second kappa shape index (κ2) is 7.92. The number of carbonyl (C=O) groups excluding carboxylic acids is 2. The van der Waals surface area contributed by atoms with Crippen molar-refractivity contribution in [3.63, 3.8) is 0 Å². The topological polar surface area (TPSA) is 37.4 Å². The SMILES string of the molecule is Cc1ccc(C(=C2[C@H]3C=C[C@H]2[C@H]2C(=O)N(c4cccc(Br)c4)C(=O)[C@@H]23)c2ccc(C)cc2)cc1. The summed E-state index contributed by atoms with van der Waals surface area (Å²) in [6.07, 6.45) is 4.30. The number of hydrogen-bond acceptors (Lipinski definition) is 2. The van der Waals surface area contributed by atoms with Crippen LogP contribution in [-0.2, 0) is 9.59 Å². The number of amides is 2. The van der Waals surface area contributed by atoms with Crippen LogP contribution in [0.4, 0.5) is 5.69 Å². The van der Waals surface area contributed by atoms with E-state index in [0.29, 0.717) is 5.69 Å². The Morgan fingerprint density at radius 3 is 1.71 bits per heavy atom. The number of benzene rings is 3. The van der Waals surface area contributed by atoms with Gasteiger partial charge < -0.3 is 0 Å². The zero-order valence-electron chi connectivity index (χ0n) is 19.0. The number of carbonyl (C=O) groups is 2. The van der Waals surface area contributed by atoms with Crippen LogP contribution in [0.1, 0.15) is 22.3 Å². The Bertz CT molecular complexity index is 1300. The molecule has 3 aromatic rings. The lowest BCUT2D eigenvalue weighted by Crippen LogP contribution is -2.33. The van der Waals surface area contributed by atoms with Crippen LogP contribution in [0.3, 0.4) is 0 Å². The number of allylic oxidation sites excluding steroid dienone is 3. The lowest BCUT2D eigenvalue weighted by Gasteiger charge is -2.22. The summed E-state index contributed by atoms with van der Waals surface area (Å²) in [7, 11) is 0. The highest BCUT2D eigenvalue weighted by Crippen LogP contribution is 2.58. The fourth-order valence-corrected chi connectivity index (χ4v) is 6.29. The van der Waals surface area contributed by atoms with Gasteiger partial charge in [-0.15, -0.1) is 0 Å². The molecule has 0 N–H and O–H groups in total. The molecule has 4 heteroatoms. The van der Waals surface area contributed by atoms with Crippen molar-refractivity contribution in [3.8, 4) is 0 Å². The quantitative estimate of drug-likeness (QED) is 0.299. The van der Waals surface area contributed by atoms with Crippen molar-refractivity contribution >= 4 is 39.0 Å². The second-order valence-corrected chi connectivity index (χ2v) is 10.5. The van der Waals surface area contributed by atoms with E-state index in [2.05, 4.69) is 90.5 Å². The predicted molar refractivity (Wildman–Crippen MR) is 138 cm³/mol. The fraction of sp³-hybridized carbons (Fsp3) is 0.200. The van der Waals surface area contributed by atoms with E-state index in [1.165, 1.54) is 21.6 Å². The smallest absolute Gasteiger partial charge is 0.238 e. The minimum atomic E-state index is -0.345. The summed E-state index contributed by atoms with van der Waals surface area (Å²) in [5, 5.41) is 0. The van der Waals surface area contributed by atoms with Crippen LogP contribution in [0.15, 0.2) is 95.0 Å². The van der Waals surface area contributed by atoms with E-state index in [0.717, 1.165) is 21.2 Å². The normalized spacial score (nSPS) is 24.8. The number of fused-ring (bicyclic) bond motifs is 5. The second-order valence-electron chi connectivity index (χ2n) is 9.54. The molecule has 2 aliphatic carbocycles. The molecule has 0 radical (unpaired) electrons. The summed E-state index contributed by atoms with van der Waals surface area (Å²) in [5.41, 5.74) is 7.68. The van der Waals surface area contributed by atoms with E-state index in [1.54, 1.807) is 0 Å². The number of anilines is 1. The Morgan fingerprint density at radius 1 is 0.735 bits per heavy atom. The van der Waals surface area contributed by atoms with Gasteiger partial charge in [-0.25, -0.2) is 4.90 Å². The van der Waals surface area contributed by atoms with Crippen LogP contribution < -0.4 is 4.90 Å². The Morgan fingerprint density at radius 2 is 1.24 bits per heavy atom. The highest BCUT2D eigenvalue weighted by atomic mass is 79.9. The highest BCUT2D eigenvalue weighted by molar-refractivity contribution is 9.10. The van der Waals surface area contributed by atoms with Crippen molar-refractivity contribution in [3.05, 3.63) is 117 Å². The fourth-order valence-electron chi connectivity index (χ4n) is 5.91. The standard InChI is InChI=1S/C30H24BrNO2/c1-17-6-10-19(11-7-17)25(20-12-8-18(2)9-13-20)26-23-14-15-24(26)28-27(23)29(33)32(30(28)34)22-5-3-4-21(31)16-22/h3-16,23-24,27-28H,1-2H3/t23-,24-,27-,28-/m1/s1. The van der Waals surface area contributed by atoms with Crippen molar-refractivity contribution in [2.24, 2.45) is 23.7 Å². The minimum Gasteiger partial charge on any atom is -0.274 e. The maximum atomic E-state index is 13.7. The molecule has 1 aliphatic heterocycles. The molecule has 1 saturated heterocycles. The summed E-state index contributed by atoms with van der Waals surface area (Å²) >= 11 is 3.47. The van der Waals surface area contributed by atoms with Gasteiger partial charge in [0.15, 0.2) is 0 Å². The molecule has 2 bridgehead atoms. The average Bonchev–Trinajstić information content (AvgIpc) is 3.46. The molecule has 168 valence electrons. The number of nitrogens with zero attached hydrogens (tertiary/aromatic N) is 1. The van der Waals surface area contributed by atoms with Crippen molar-refractivity contribution < 1.29 is 9.59 Å². The van der Waals surface area contributed by atoms with Gasteiger partial charge in [-0.05, 0) is 54.3 Å². The summed E-state index contributed by atoms with van der Waals surface area (Å²) in [5.74, 6) is -1.00. The van der Waals surface area contributed by atoms with E-state index in [4.69, 9.17) is 0 Å². The van der Waals surface area contributed by atoms with E-state index >= 15 is 0 Å². The van der Waals surface area contributed by atoms with Gasteiger partial charge in [0.25, 0.3) is 0 Å². The molecule has 34 heavy (non-hydrogen) atoms. The molecule has 2 fully saturated rings. The first kappa shape index (κ1) is 21.3. The van der Waals surface area contributed by atoms with Crippen LogP contribution >= 0.6 is 15.9 Å². The third-order valence-electron chi connectivity index (χ3n) is 7.45. The van der Waals surface area contributed by atoms with E-state index in [1.807, 2.05) is 24.3 Å². The van der Waals surface area contributed by atoms with Gasteiger partial charge in [-0.2, -0.15) is 0 Å². The average molecular weight is 510 g/mol. The first-order valence-corrected chi connectivity index (χ1v) is 12.4. The molecular formula is C30H24BrNO2. The van der Waals surface area contributed by atoms with Gasteiger partial charge in [0.2, 0.25) is 11.8 Å². The highest BCUT2D eigenvalue weighted by Gasteiger charge is 2.62. The van der Waals surface area contributed by atoms with E-state index < -0.39 is 0 Å². The Kier molecular flexibility index (Phi) is 4.96. The summed E-state index contributed by atoms with van der Waals surface area (Å²) in [4.78, 5) is 28.7. The van der Waals surface area contributed by atoms with E-state index in [9.17, 15) is 9.59 Å². The zero-order valence-corrected chi connectivity index (χ0v) is 20.6. The Balaban J connectivity index is 1.49. The van der Waals surface area contributed by atoms with E-state index in [-0.39, 0.29) is 35.5 Å². The van der Waals surface area contributed by atoms with Crippen LogP contribution in [0, 0.1) is 37.5 Å². The molecule has 3 aromatic carbocycles. The minimum absolute atomic E-state index is 0.0683. The third-order valence-corrected chi connectivity index (χ3v) is 7.94. The van der Waals surface area contributed by atoms with Crippen molar-refractivity contribution in [1.29, 1.82) is 0 Å². The monoisotopic (exact) mass is 509 g/mol.